The fourth-order valence-electron chi connectivity index (χ4n) is 2.01. The Kier molecular flexibility index (Phi) is 4.61. The molecule has 0 aromatic carbocycles. The van der Waals surface area contributed by atoms with E-state index < -0.39 is 0 Å². The molecule has 1 saturated carbocycles. The number of furan rings is 1. The minimum Gasteiger partial charge on any atom is -0.469 e. The number of carbonyl (C=O) groups excluding carboxylic acids is 2. The first-order valence-corrected chi connectivity index (χ1v) is 6.72. The number of rotatable bonds is 6. The first-order valence-electron chi connectivity index (χ1n) is 6.72. The summed E-state index contributed by atoms with van der Waals surface area (Å²) in [7, 11) is 1.36. The molecular weight excluding hydrogens is 258 g/mol. The van der Waals surface area contributed by atoms with Crippen LogP contribution >= 0.6 is 0 Å². The maximum absolute atomic E-state index is 12.2. The molecule has 1 aromatic rings. The van der Waals surface area contributed by atoms with Crippen molar-refractivity contribution in [3.8, 4) is 0 Å². The predicted octanol–water partition coefficient (Wildman–Crippen LogP) is 2.09. The van der Waals surface area contributed by atoms with Crippen LogP contribution in [0.25, 0.3) is 6.08 Å². The summed E-state index contributed by atoms with van der Waals surface area (Å²) in [5.41, 5.74) is 0. The quantitative estimate of drug-likeness (QED) is 0.590. The van der Waals surface area contributed by atoms with Crippen LogP contribution in [-0.2, 0) is 14.3 Å². The second kappa shape index (κ2) is 6.41. The molecule has 1 atom stereocenters. The predicted molar refractivity (Wildman–Crippen MR) is 73.7 cm³/mol. The van der Waals surface area contributed by atoms with E-state index in [0.717, 1.165) is 12.8 Å². The lowest BCUT2D eigenvalue weighted by Crippen LogP contribution is -2.37. The Morgan fingerprint density at radius 3 is 2.85 bits per heavy atom. The number of ether oxygens (including phenoxy) is 1. The Bertz CT molecular complexity index is 488. The van der Waals surface area contributed by atoms with Crippen molar-refractivity contribution >= 4 is 18.0 Å². The van der Waals surface area contributed by atoms with Gasteiger partial charge in [-0.05, 0) is 31.1 Å². The summed E-state index contributed by atoms with van der Waals surface area (Å²) in [6, 6.07) is 3.79. The van der Waals surface area contributed by atoms with Crippen molar-refractivity contribution in [2.45, 2.75) is 25.8 Å². The summed E-state index contributed by atoms with van der Waals surface area (Å²) in [6.07, 6.45) is 6.67. The summed E-state index contributed by atoms with van der Waals surface area (Å²) in [6.45, 7) is 2.16. The van der Waals surface area contributed by atoms with Gasteiger partial charge in [0.25, 0.3) is 0 Å². The van der Waals surface area contributed by atoms with Gasteiger partial charge in [-0.25, -0.2) is 0 Å². The lowest BCUT2D eigenvalue weighted by Gasteiger charge is -2.23. The van der Waals surface area contributed by atoms with Gasteiger partial charge in [-0.15, -0.1) is 0 Å². The first-order chi connectivity index (χ1) is 9.61. The smallest absolute Gasteiger partial charge is 0.310 e. The van der Waals surface area contributed by atoms with Gasteiger partial charge in [0, 0.05) is 18.7 Å². The van der Waals surface area contributed by atoms with E-state index in [1.165, 1.54) is 13.2 Å². The molecule has 5 heteroatoms. The van der Waals surface area contributed by atoms with E-state index in [1.54, 1.807) is 36.3 Å². The molecule has 5 nitrogen and oxygen atoms in total. The largest absolute Gasteiger partial charge is 0.469 e. The van der Waals surface area contributed by atoms with Crippen LogP contribution in [0.2, 0.25) is 0 Å². The Morgan fingerprint density at radius 2 is 2.30 bits per heavy atom. The third-order valence-corrected chi connectivity index (χ3v) is 3.28. The summed E-state index contributed by atoms with van der Waals surface area (Å²) < 4.78 is 9.85. The van der Waals surface area contributed by atoms with E-state index in [2.05, 4.69) is 0 Å². The Labute approximate surface area is 118 Å². The highest BCUT2D eigenvalue weighted by Crippen LogP contribution is 2.28. The molecule has 1 heterocycles. The average Bonchev–Trinajstić information content (AvgIpc) is 3.16. The highest BCUT2D eigenvalue weighted by Gasteiger charge is 2.33. The molecule has 2 rings (SSSR count). The number of esters is 1. The monoisotopic (exact) mass is 277 g/mol. The molecule has 0 saturated heterocycles. The molecule has 0 N–H and O–H groups in total. The summed E-state index contributed by atoms with van der Waals surface area (Å²) >= 11 is 0. The zero-order valence-electron chi connectivity index (χ0n) is 11.7. The van der Waals surface area contributed by atoms with E-state index in [1.807, 2.05) is 0 Å². The van der Waals surface area contributed by atoms with Gasteiger partial charge < -0.3 is 14.1 Å². The van der Waals surface area contributed by atoms with Gasteiger partial charge in [0.1, 0.15) is 5.76 Å². The van der Waals surface area contributed by atoms with Crippen molar-refractivity contribution in [2.75, 3.05) is 13.7 Å². The zero-order chi connectivity index (χ0) is 14.5. The topological polar surface area (TPSA) is 59.8 Å². The maximum Gasteiger partial charge on any atom is 0.310 e. The number of hydrogen-bond acceptors (Lipinski definition) is 4. The van der Waals surface area contributed by atoms with Crippen molar-refractivity contribution < 1.29 is 18.7 Å². The Balaban J connectivity index is 1.97. The third kappa shape index (κ3) is 3.73. The Hall–Kier alpha value is -2.04. The van der Waals surface area contributed by atoms with Gasteiger partial charge in [-0.1, -0.05) is 6.92 Å². The molecule has 1 amide bonds. The zero-order valence-corrected chi connectivity index (χ0v) is 11.7. The highest BCUT2D eigenvalue weighted by molar-refractivity contribution is 5.92. The summed E-state index contributed by atoms with van der Waals surface area (Å²) in [4.78, 5) is 25.4. The summed E-state index contributed by atoms with van der Waals surface area (Å²) in [5.74, 6) is -0.0743. The number of amides is 1. The van der Waals surface area contributed by atoms with E-state index >= 15 is 0 Å². The SMILES string of the molecule is COC(=O)C(C)CN(C(=O)/C=C/c1ccco1)C1CC1. The van der Waals surface area contributed by atoms with Crippen LogP contribution < -0.4 is 0 Å². The van der Waals surface area contributed by atoms with Gasteiger partial charge >= 0.3 is 5.97 Å². The molecule has 0 radical (unpaired) electrons. The van der Waals surface area contributed by atoms with Crippen molar-refractivity contribution in [3.63, 3.8) is 0 Å². The second-order valence-electron chi connectivity index (χ2n) is 4.99. The van der Waals surface area contributed by atoms with E-state index in [4.69, 9.17) is 9.15 Å². The van der Waals surface area contributed by atoms with E-state index in [0.29, 0.717) is 12.3 Å². The van der Waals surface area contributed by atoms with Gasteiger partial charge in [-0.2, -0.15) is 0 Å². The average molecular weight is 277 g/mol. The minimum atomic E-state index is -0.318. The molecule has 1 aromatic heterocycles. The van der Waals surface area contributed by atoms with Crippen molar-refractivity contribution in [1.29, 1.82) is 0 Å². The normalized spacial score (nSPS) is 16.1. The van der Waals surface area contributed by atoms with Crippen LogP contribution in [0.4, 0.5) is 0 Å². The second-order valence-corrected chi connectivity index (χ2v) is 4.99. The number of hydrogen-bond donors (Lipinski definition) is 0. The summed E-state index contributed by atoms with van der Waals surface area (Å²) in [5, 5.41) is 0. The molecule has 1 unspecified atom stereocenters. The molecule has 0 aliphatic heterocycles. The van der Waals surface area contributed by atoms with Crippen LogP contribution in [0.3, 0.4) is 0 Å². The van der Waals surface area contributed by atoms with Crippen LogP contribution in [0.1, 0.15) is 25.5 Å². The number of nitrogens with zero attached hydrogens (tertiary/aromatic N) is 1. The van der Waals surface area contributed by atoms with Crippen LogP contribution in [0.5, 0.6) is 0 Å². The molecule has 0 bridgehead atoms. The fraction of sp³-hybridized carbons (Fsp3) is 0.467. The van der Waals surface area contributed by atoms with Crippen molar-refractivity contribution in [1.82, 2.24) is 4.90 Å². The van der Waals surface area contributed by atoms with Gasteiger partial charge in [0.15, 0.2) is 0 Å². The fourth-order valence-corrected chi connectivity index (χ4v) is 2.01. The van der Waals surface area contributed by atoms with Crippen LogP contribution in [-0.4, -0.2) is 36.5 Å². The molecular formula is C15H19NO4. The lowest BCUT2D eigenvalue weighted by molar-refractivity contribution is -0.146. The highest BCUT2D eigenvalue weighted by atomic mass is 16.5. The standard InChI is InChI=1S/C15H19NO4/c1-11(15(18)19-2)10-16(12-5-6-12)14(17)8-7-13-4-3-9-20-13/h3-4,7-9,11-12H,5-6,10H2,1-2H3/b8-7+. The Morgan fingerprint density at radius 1 is 1.55 bits per heavy atom. The van der Waals surface area contributed by atoms with Crippen LogP contribution in [0.15, 0.2) is 28.9 Å². The molecule has 1 fully saturated rings. The van der Waals surface area contributed by atoms with Crippen molar-refractivity contribution in [3.05, 3.63) is 30.2 Å². The maximum atomic E-state index is 12.2. The van der Waals surface area contributed by atoms with E-state index in [-0.39, 0.29) is 23.8 Å². The number of carbonyl (C=O) groups is 2. The molecule has 1 aliphatic rings. The van der Waals surface area contributed by atoms with Crippen LogP contribution in [0, 0.1) is 5.92 Å². The van der Waals surface area contributed by atoms with E-state index in [9.17, 15) is 9.59 Å². The number of methoxy groups -OCH3 is 1. The van der Waals surface area contributed by atoms with Gasteiger partial charge in [0.2, 0.25) is 5.91 Å². The van der Waals surface area contributed by atoms with Gasteiger partial charge in [-0.3, -0.25) is 9.59 Å². The minimum absolute atomic E-state index is 0.0975. The molecule has 108 valence electrons. The lowest BCUT2D eigenvalue weighted by atomic mass is 10.1. The van der Waals surface area contributed by atoms with Gasteiger partial charge in [0.05, 0.1) is 19.3 Å². The van der Waals surface area contributed by atoms with Crippen molar-refractivity contribution in [2.24, 2.45) is 5.92 Å². The molecule has 20 heavy (non-hydrogen) atoms. The first kappa shape index (κ1) is 14.4. The molecule has 0 spiro atoms. The third-order valence-electron chi connectivity index (χ3n) is 3.28. The molecule has 1 aliphatic carbocycles.